The van der Waals surface area contributed by atoms with Gasteiger partial charge in [-0.25, -0.2) is 0 Å². The number of carbonyl (C=O) groups excluding carboxylic acids is 1. The highest BCUT2D eigenvalue weighted by molar-refractivity contribution is 8.12. The first-order valence-electron chi connectivity index (χ1n) is 5.52. The molecule has 0 amide bonds. The molecule has 0 bridgehead atoms. The van der Waals surface area contributed by atoms with Gasteiger partial charge in [0.2, 0.25) is 0 Å². The van der Waals surface area contributed by atoms with Crippen LogP contribution in [0.5, 0.6) is 0 Å². The van der Waals surface area contributed by atoms with Crippen LogP contribution in [0.3, 0.4) is 0 Å². The minimum atomic E-state index is 0.326. The Hall–Kier alpha value is -0.760. The number of thioether (sulfide) groups is 1. The first kappa shape index (κ1) is 12.3. The van der Waals surface area contributed by atoms with Crippen molar-refractivity contribution in [2.24, 2.45) is 0 Å². The van der Waals surface area contributed by atoms with Gasteiger partial charge in [-0.1, -0.05) is 61.9 Å². The van der Waals surface area contributed by atoms with E-state index >= 15 is 0 Å². The summed E-state index contributed by atoms with van der Waals surface area (Å²) in [5.74, 6) is 0.811. The van der Waals surface area contributed by atoms with Gasteiger partial charge in [0, 0.05) is 12.2 Å². The van der Waals surface area contributed by atoms with Crippen molar-refractivity contribution in [2.45, 2.75) is 38.4 Å². The second kappa shape index (κ2) is 7.52. The van der Waals surface area contributed by atoms with Gasteiger partial charge in [-0.2, -0.15) is 0 Å². The van der Waals surface area contributed by atoms with Crippen molar-refractivity contribution in [2.75, 3.05) is 0 Å². The summed E-state index contributed by atoms with van der Waals surface area (Å²) in [5.41, 5.74) is 1.23. The van der Waals surface area contributed by atoms with Crippen LogP contribution in [-0.2, 0) is 10.5 Å². The number of hydrogen-bond donors (Lipinski definition) is 0. The van der Waals surface area contributed by atoms with Crippen LogP contribution in [0.4, 0.5) is 0 Å². The maximum Gasteiger partial charge on any atom is 0.189 e. The molecule has 2 heteroatoms. The molecule has 0 spiro atoms. The van der Waals surface area contributed by atoms with Gasteiger partial charge in [0.25, 0.3) is 0 Å². The van der Waals surface area contributed by atoms with E-state index in [0.717, 1.165) is 25.0 Å². The number of unbranched alkanes of at least 4 members (excludes halogenated alkanes) is 2. The monoisotopic (exact) mass is 222 g/mol. The van der Waals surface area contributed by atoms with Crippen molar-refractivity contribution >= 4 is 16.9 Å². The molecule has 0 aromatic heterocycles. The predicted molar refractivity (Wildman–Crippen MR) is 66.9 cm³/mol. The van der Waals surface area contributed by atoms with Gasteiger partial charge in [0.05, 0.1) is 0 Å². The molecule has 0 aliphatic heterocycles. The molecule has 82 valence electrons. The van der Waals surface area contributed by atoms with Gasteiger partial charge in [-0.15, -0.1) is 0 Å². The normalized spacial score (nSPS) is 10.2. The molecule has 1 aromatic carbocycles. The zero-order valence-corrected chi connectivity index (χ0v) is 10.1. The quantitative estimate of drug-likeness (QED) is 0.676. The van der Waals surface area contributed by atoms with Gasteiger partial charge < -0.3 is 0 Å². The maximum absolute atomic E-state index is 11.5. The molecule has 0 atom stereocenters. The first-order chi connectivity index (χ1) is 7.33. The molecule has 1 nitrogen and oxygen atoms in total. The molecular weight excluding hydrogens is 204 g/mol. The third-order valence-corrected chi connectivity index (χ3v) is 3.23. The van der Waals surface area contributed by atoms with Crippen LogP contribution >= 0.6 is 11.8 Å². The Morgan fingerprint density at radius 3 is 2.60 bits per heavy atom. The van der Waals surface area contributed by atoms with E-state index in [1.807, 2.05) is 18.2 Å². The zero-order valence-electron chi connectivity index (χ0n) is 9.24. The molecule has 0 saturated heterocycles. The summed E-state index contributed by atoms with van der Waals surface area (Å²) < 4.78 is 0. The Labute approximate surface area is 96.3 Å². The van der Waals surface area contributed by atoms with Gasteiger partial charge in [0.15, 0.2) is 5.12 Å². The van der Waals surface area contributed by atoms with Crippen LogP contribution in [0.2, 0.25) is 0 Å². The first-order valence-corrected chi connectivity index (χ1v) is 6.51. The number of hydrogen-bond acceptors (Lipinski definition) is 2. The minimum absolute atomic E-state index is 0.326. The fraction of sp³-hybridized carbons (Fsp3) is 0.462. The zero-order chi connectivity index (χ0) is 10.9. The molecule has 15 heavy (non-hydrogen) atoms. The number of benzene rings is 1. The second-order valence-electron chi connectivity index (χ2n) is 3.60. The van der Waals surface area contributed by atoms with E-state index in [9.17, 15) is 4.79 Å². The average molecular weight is 222 g/mol. The SMILES string of the molecule is CCCCCC(=O)SCc1ccccc1. The van der Waals surface area contributed by atoms with Crippen molar-refractivity contribution in [3.63, 3.8) is 0 Å². The summed E-state index contributed by atoms with van der Waals surface area (Å²) in [5, 5.41) is 0.326. The molecule has 0 radical (unpaired) electrons. The summed E-state index contributed by atoms with van der Waals surface area (Å²) in [6, 6.07) is 10.1. The van der Waals surface area contributed by atoms with Crippen molar-refractivity contribution < 1.29 is 4.79 Å². The summed E-state index contributed by atoms with van der Waals surface area (Å²) in [4.78, 5) is 11.5. The van der Waals surface area contributed by atoms with Crippen LogP contribution in [0, 0.1) is 0 Å². The lowest BCUT2D eigenvalue weighted by atomic mass is 10.2. The highest BCUT2D eigenvalue weighted by atomic mass is 32.2. The van der Waals surface area contributed by atoms with E-state index in [-0.39, 0.29) is 0 Å². The van der Waals surface area contributed by atoms with Crippen LogP contribution in [0.15, 0.2) is 30.3 Å². The Balaban J connectivity index is 2.17. The summed E-state index contributed by atoms with van der Waals surface area (Å²) in [6.07, 6.45) is 4.11. The molecule has 1 aromatic rings. The topological polar surface area (TPSA) is 17.1 Å². The van der Waals surface area contributed by atoms with Crippen molar-refractivity contribution in [3.8, 4) is 0 Å². The fourth-order valence-corrected chi connectivity index (χ4v) is 2.14. The summed E-state index contributed by atoms with van der Waals surface area (Å²) in [6.45, 7) is 2.15. The molecule has 0 heterocycles. The van der Waals surface area contributed by atoms with E-state index in [2.05, 4.69) is 19.1 Å². The molecule has 0 aliphatic rings. The number of carbonyl (C=O) groups is 1. The standard InChI is InChI=1S/C13H18OS/c1-2-3-5-10-13(14)15-11-12-8-6-4-7-9-12/h4,6-9H,2-3,5,10-11H2,1H3. The van der Waals surface area contributed by atoms with E-state index in [1.54, 1.807) is 0 Å². The van der Waals surface area contributed by atoms with Gasteiger partial charge >= 0.3 is 0 Å². The Morgan fingerprint density at radius 1 is 1.20 bits per heavy atom. The highest BCUT2D eigenvalue weighted by Gasteiger charge is 2.02. The van der Waals surface area contributed by atoms with Crippen molar-refractivity contribution in [3.05, 3.63) is 35.9 Å². The Bertz CT molecular complexity index is 282. The van der Waals surface area contributed by atoms with E-state index in [1.165, 1.54) is 23.7 Å². The number of rotatable bonds is 6. The van der Waals surface area contributed by atoms with Crippen LogP contribution in [0.25, 0.3) is 0 Å². The smallest absolute Gasteiger partial charge is 0.189 e. The minimum Gasteiger partial charge on any atom is -0.287 e. The molecule has 0 N–H and O–H groups in total. The van der Waals surface area contributed by atoms with Gasteiger partial charge in [-0.05, 0) is 12.0 Å². The summed E-state index contributed by atoms with van der Waals surface area (Å²) in [7, 11) is 0. The average Bonchev–Trinajstić information content (AvgIpc) is 2.28. The summed E-state index contributed by atoms with van der Waals surface area (Å²) >= 11 is 1.44. The van der Waals surface area contributed by atoms with Gasteiger partial charge in [0.1, 0.15) is 0 Å². The largest absolute Gasteiger partial charge is 0.287 e. The lowest BCUT2D eigenvalue weighted by Gasteiger charge is -2.00. The van der Waals surface area contributed by atoms with Crippen molar-refractivity contribution in [1.82, 2.24) is 0 Å². The molecule has 0 aliphatic carbocycles. The van der Waals surface area contributed by atoms with Crippen LogP contribution in [0.1, 0.15) is 38.2 Å². The van der Waals surface area contributed by atoms with Crippen LogP contribution < -0.4 is 0 Å². The van der Waals surface area contributed by atoms with E-state index in [4.69, 9.17) is 0 Å². The molecular formula is C13H18OS. The second-order valence-corrected chi connectivity index (χ2v) is 4.64. The van der Waals surface area contributed by atoms with Crippen molar-refractivity contribution in [1.29, 1.82) is 0 Å². The molecule has 0 saturated carbocycles. The third-order valence-electron chi connectivity index (χ3n) is 2.23. The fourth-order valence-electron chi connectivity index (χ4n) is 1.33. The molecule has 0 fully saturated rings. The third kappa shape index (κ3) is 5.63. The molecule has 0 unspecified atom stereocenters. The Kier molecular flexibility index (Phi) is 6.17. The maximum atomic E-state index is 11.5. The van der Waals surface area contributed by atoms with Crippen LogP contribution in [-0.4, -0.2) is 5.12 Å². The molecule has 1 rings (SSSR count). The highest BCUT2D eigenvalue weighted by Crippen LogP contribution is 2.15. The van der Waals surface area contributed by atoms with E-state index in [0.29, 0.717) is 5.12 Å². The Morgan fingerprint density at radius 2 is 1.93 bits per heavy atom. The lowest BCUT2D eigenvalue weighted by molar-refractivity contribution is -0.111. The predicted octanol–water partition coefficient (Wildman–Crippen LogP) is 4.03. The lowest BCUT2D eigenvalue weighted by Crippen LogP contribution is -1.92. The van der Waals surface area contributed by atoms with Gasteiger partial charge in [-0.3, -0.25) is 4.79 Å². The van der Waals surface area contributed by atoms with E-state index < -0.39 is 0 Å².